The summed E-state index contributed by atoms with van der Waals surface area (Å²) in [5, 5.41) is 28.6. The standard InChI is InChI=1S/C17H31NO5.C6H14N4O2/c1-2-3-4-5-6-7-8-9-10-11-15(19)18-14-17(22)23-13-12-16(20)21;7-4(5(11)12)2-1-3-10-6(8)9/h2-14H2,1H3,(H,18,19)(H,20,21);4H,1-3,7H2,(H,11,12)(H4,8,9,10)/t;4-/m.0/s1. The largest absolute Gasteiger partial charge is 0.481 e. The summed E-state index contributed by atoms with van der Waals surface area (Å²) < 4.78 is 4.67. The third kappa shape index (κ3) is 29.1. The molecule has 1 amide bonds. The van der Waals surface area contributed by atoms with E-state index in [1.165, 1.54) is 38.5 Å². The van der Waals surface area contributed by atoms with Crippen LogP contribution in [0.3, 0.4) is 0 Å². The van der Waals surface area contributed by atoms with E-state index >= 15 is 0 Å². The van der Waals surface area contributed by atoms with Gasteiger partial charge in [-0.3, -0.25) is 24.6 Å². The number of carboxylic acids is 2. The molecule has 0 aromatic heterocycles. The maximum Gasteiger partial charge on any atom is 0.325 e. The highest BCUT2D eigenvalue weighted by molar-refractivity contribution is 5.81. The van der Waals surface area contributed by atoms with Crippen molar-refractivity contribution in [3.05, 3.63) is 0 Å². The smallest absolute Gasteiger partial charge is 0.325 e. The van der Waals surface area contributed by atoms with Crippen LogP contribution in [0.25, 0.3) is 0 Å². The number of carboxylic acid groups (broad SMARTS) is 2. The Labute approximate surface area is 208 Å². The first-order valence-corrected chi connectivity index (χ1v) is 12.3. The monoisotopic (exact) mass is 503 g/mol. The number of carbonyl (C=O) groups excluding carboxylic acids is 2. The first-order valence-electron chi connectivity index (χ1n) is 12.3. The lowest BCUT2D eigenvalue weighted by molar-refractivity contribution is -0.147. The normalized spacial score (nSPS) is 10.9. The van der Waals surface area contributed by atoms with Crippen LogP contribution in [0.4, 0.5) is 0 Å². The van der Waals surface area contributed by atoms with Crippen LogP contribution in [0.15, 0.2) is 0 Å². The summed E-state index contributed by atoms with van der Waals surface area (Å²) in [6.07, 6.45) is 11.9. The van der Waals surface area contributed by atoms with Gasteiger partial charge in [-0.05, 0) is 19.3 Å². The fourth-order valence-corrected chi connectivity index (χ4v) is 2.83. The van der Waals surface area contributed by atoms with Crippen LogP contribution < -0.4 is 22.1 Å². The number of ether oxygens (including phenoxy) is 1. The van der Waals surface area contributed by atoms with E-state index < -0.39 is 23.9 Å². The molecule has 0 aliphatic heterocycles. The van der Waals surface area contributed by atoms with Gasteiger partial charge in [0, 0.05) is 13.0 Å². The van der Waals surface area contributed by atoms with Crippen LogP contribution in [-0.2, 0) is 23.9 Å². The number of amides is 1. The fourth-order valence-electron chi connectivity index (χ4n) is 2.83. The van der Waals surface area contributed by atoms with E-state index in [0.29, 0.717) is 25.8 Å². The summed E-state index contributed by atoms with van der Waals surface area (Å²) in [5.74, 6) is -2.90. The highest BCUT2D eigenvalue weighted by atomic mass is 16.5. The molecule has 35 heavy (non-hydrogen) atoms. The molecule has 0 rings (SSSR count). The van der Waals surface area contributed by atoms with Gasteiger partial charge < -0.3 is 37.1 Å². The predicted molar refractivity (Wildman–Crippen MR) is 133 cm³/mol. The molecule has 0 aromatic carbocycles. The Kier molecular flexibility index (Phi) is 23.7. The highest BCUT2D eigenvalue weighted by Gasteiger charge is 2.10. The maximum atomic E-state index is 11.5. The average Bonchev–Trinajstić information content (AvgIpc) is 2.79. The maximum absolute atomic E-state index is 11.5. The average molecular weight is 504 g/mol. The first kappa shape index (κ1) is 34.3. The molecule has 0 unspecified atom stereocenters. The third-order valence-corrected chi connectivity index (χ3v) is 4.84. The highest BCUT2D eigenvalue weighted by Crippen LogP contribution is 2.10. The van der Waals surface area contributed by atoms with E-state index in [1.54, 1.807) is 0 Å². The van der Waals surface area contributed by atoms with Crippen LogP contribution in [0, 0.1) is 5.41 Å². The van der Waals surface area contributed by atoms with Crippen LogP contribution in [0.5, 0.6) is 0 Å². The topological polar surface area (TPSA) is 218 Å². The molecule has 204 valence electrons. The van der Waals surface area contributed by atoms with E-state index in [9.17, 15) is 19.2 Å². The minimum absolute atomic E-state index is 0.112. The lowest BCUT2D eigenvalue weighted by Gasteiger charge is -2.06. The van der Waals surface area contributed by atoms with Gasteiger partial charge in [-0.2, -0.15) is 0 Å². The molecule has 12 nitrogen and oxygen atoms in total. The summed E-state index contributed by atoms with van der Waals surface area (Å²) in [4.78, 5) is 43.2. The van der Waals surface area contributed by atoms with E-state index in [2.05, 4.69) is 22.3 Å². The molecule has 0 aliphatic carbocycles. The second kappa shape index (κ2) is 24.2. The molecular formula is C23H45N5O7. The van der Waals surface area contributed by atoms with Crippen LogP contribution in [0.2, 0.25) is 0 Å². The van der Waals surface area contributed by atoms with Gasteiger partial charge in [0.05, 0.1) is 6.42 Å². The van der Waals surface area contributed by atoms with Gasteiger partial charge in [-0.15, -0.1) is 0 Å². The van der Waals surface area contributed by atoms with Gasteiger partial charge in [0.1, 0.15) is 19.2 Å². The molecule has 0 fully saturated rings. The second-order valence-corrected chi connectivity index (χ2v) is 8.15. The second-order valence-electron chi connectivity index (χ2n) is 8.15. The molecule has 0 bridgehead atoms. The number of guanidine groups is 1. The Morgan fingerprint density at radius 3 is 1.97 bits per heavy atom. The van der Waals surface area contributed by atoms with E-state index in [-0.39, 0.29) is 31.4 Å². The zero-order valence-electron chi connectivity index (χ0n) is 21.0. The predicted octanol–water partition coefficient (Wildman–Crippen LogP) is 1.70. The van der Waals surface area contributed by atoms with Gasteiger partial charge in [0.2, 0.25) is 5.91 Å². The lowest BCUT2D eigenvalue weighted by Crippen LogP contribution is -2.34. The summed E-state index contributed by atoms with van der Waals surface area (Å²) in [6.45, 7) is 2.33. The van der Waals surface area contributed by atoms with Crippen molar-refractivity contribution in [3.8, 4) is 0 Å². The van der Waals surface area contributed by atoms with Crippen molar-refractivity contribution in [2.75, 3.05) is 19.7 Å². The van der Waals surface area contributed by atoms with Crippen LogP contribution in [0.1, 0.15) is 90.4 Å². The van der Waals surface area contributed by atoms with Crippen molar-refractivity contribution in [3.63, 3.8) is 0 Å². The van der Waals surface area contributed by atoms with Crippen molar-refractivity contribution in [1.29, 1.82) is 5.41 Å². The summed E-state index contributed by atoms with van der Waals surface area (Å²) in [5.41, 5.74) is 10.2. The number of carbonyl (C=O) groups is 4. The molecular weight excluding hydrogens is 458 g/mol. The number of unbranched alkanes of at least 4 members (excludes halogenated alkanes) is 8. The molecule has 0 saturated carbocycles. The van der Waals surface area contributed by atoms with Gasteiger partial charge in [-0.1, -0.05) is 58.3 Å². The SMILES string of the molecule is CCCCCCCCCCCC(=O)NCC(=O)OCCC(=O)O.N=C(N)NCCC[C@H](N)C(=O)O. The van der Waals surface area contributed by atoms with E-state index in [4.69, 9.17) is 27.1 Å². The minimum atomic E-state index is -1.02. The third-order valence-electron chi connectivity index (χ3n) is 4.84. The fraction of sp³-hybridized carbons (Fsp3) is 0.783. The zero-order chi connectivity index (χ0) is 26.9. The van der Waals surface area contributed by atoms with E-state index in [0.717, 1.165) is 19.3 Å². The Morgan fingerprint density at radius 2 is 1.46 bits per heavy atom. The first-order chi connectivity index (χ1) is 16.6. The van der Waals surface area contributed by atoms with Crippen molar-refractivity contribution in [2.45, 2.75) is 96.4 Å². The minimum Gasteiger partial charge on any atom is -0.481 e. The molecule has 1 atom stereocenters. The molecule has 0 saturated heterocycles. The molecule has 9 N–H and O–H groups in total. The van der Waals surface area contributed by atoms with Crippen LogP contribution in [-0.4, -0.2) is 65.7 Å². The molecule has 0 heterocycles. The molecule has 0 spiro atoms. The van der Waals surface area contributed by atoms with Crippen molar-refractivity contribution >= 4 is 29.8 Å². The van der Waals surface area contributed by atoms with Crippen molar-refractivity contribution in [2.24, 2.45) is 11.5 Å². The van der Waals surface area contributed by atoms with Gasteiger partial charge in [0.25, 0.3) is 0 Å². The Balaban J connectivity index is 0. The summed E-state index contributed by atoms with van der Waals surface area (Å²) in [7, 11) is 0. The summed E-state index contributed by atoms with van der Waals surface area (Å²) >= 11 is 0. The molecule has 12 heteroatoms. The van der Waals surface area contributed by atoms with Gasteiger partial charge >= 0.3 is 17.9 Å². The molecule has 0 aliphatic rings. The van der Waals surface area contributed by atoms with Crippen LogP contribution >= 0.6 is 0 Å². The van der Waals surface area contributed by atoms with Crippen molar-refractivity contribution in [1.82, 2.24) is 10.6 Å². The Bertz CT molecular complexity index is 617. The summed E-state index contributed by atoms with van der Waals surface area (Å²) in [6, 6.07) is -0.821. The van der Waals surface area contributed by atoms with Crippen molar-refractivity contribution < 1.29 is 34.1 Å². The quantitative estimate of drug-likeness (QED) is 0.0551. The number of hydrogen-bond donors (Lipinski definition) is 7. The molecule has 0 radical (unpaired) electrons. The number of nitrogens with one attached hydrogen (secondary N) is 3. The lowest BCUT2D eigenvalue weighted by atomic mass is 10.1. The number of aliphatic carboxylic acids is 2. The Hall–Kier alpha value is -2.89. The van der Waals surface area contributed by atoms with Gasteiger partial charge in [-0.25, -0.2) is 0 Å². The zero-order valence-corrected chi connectivity index (χ0v) is 21.0. The number of hydrogen-bond acceptors (Lipinski definition) is 7. The van der Waals surface area contributed by atoms with E-state index in [1.807, 2.05) is 0 Å². The van der Waals surface area contributed by atoms with Gasteiger partial charge in [0.15, 0.2) is 5.96 Å². The number of esters is 1. The number of nitrogens with two attached hydrogens (primary N) is 2. The molecule has 0 aromatic rings. The Morgan fingerprint density at radius 1 is 0.886 bits per heavy atom. The number of rotatable bonds is 20.